The van der Waals surface area contributed by atoms with Crippen LogP contribution in [0.25, 0.3) is 0 Å². The molecule has 7 nitrogen and oxygen atoms in total. The average molecular weight is 550 g/mol. The lowest BCUT2D eigenvalue weighted by molar-refractivity contribution is 0.0870. The van der Waals surface area contributed by atoms with Crippen LogP contribution in [0.4, 0.5) is 19.3 Å². The van der Waals surface area contributed by atoms with E-state index in [0.717, 1.165) is 23.9 Å². The first kappa shape index (κ1) is 26.8. The van der Waals surface area contributed by atoms with Crippen molar-refractivity contribution < 1.29 is 26.7 Å². The van der Waals surface area contributed by atoms with Crippen molar-refractivity contribution in [2.24, 2.45) is 5.92 Å². The number of rotatable bonds is 7. The number of sulfone groups is 1. The van der Waals surface area contributed by atoms with Crippen LogP contribution < -0.4 is 4.90 Å². The number of carbonyl (C=O) groups is 1. The molecule has 1 saturated heterocycles. The molecule has 11 heteroatoms. The van der Waals surface area contributed by atoms with E-state index in [4.69, 9.17) is 16.3 Å². The quantitative estimate of drug-likeness (QED) is 0.407. The van der Waals surface area contributed by atoms with Gasteiger partial charge >= 0.3 is 6.09 Å². The van der Waals surface area contributed by atoms with Crippen molar-refractivity contribution in [3.63, 3.8) is 0 Å². The van der Waals surface area contributed by atoms with Crippen molar-refractivity contribution in [1.82, 2.24) is 9.88 Å². The number of aromatic nitrogens is 1. The summed E-state index contributed by atoms with van der Waals surface area (Å²) in [6.45, 7) is 3.24. The normalized spacial score (nSPS) is 15.8. The Bertz CT molecular complexity index is 1340. The zero-order valence-corrected chi connectivity index (χ0v) is 21.6. The SMILES string of the molecule is CC(COC(=O)N1CCN(c2ccncc2)CC1)C(c1cc(F)ccc1F)S(=O)(=O)c1ccc(Cl)cc1. The first-order valence-electron chi connectivity index (χ1n) is 11.7. The standard InChI is InChI=1S/C26H26ClF2N3O4S/c1-18(17-36-26(33)32-14-12-31(13-15-32)21-8-10-30-11-9-21)25(23-16-20(28)4-7-24(23)29)37(34,35)22-5-2-19(27)3-6-22/h2-11,16,18,25H,12-15,17H2,1H3. The van der Waals surface area contributed by atoms with E-state index >= 15 is 0 Å². The smallest absolute Gasteiger partial charge is 0.409 e. The van der Waals surface area contributed by atoms with Gasteiger partial charge in [0, 0.05) is 60.8 Å². The van der Waals surface area contributed by atoms with Crippen LogP contribution in [-0.4, -0.2) is 57.2 Å². The highest BCUT2D eigenvalue weighted by molar-refractivity contribution is 7.91. The van der Waals surface area contributed by atoms with Crippen molar-refractivity contribution in [3.05, 3.63) is 89.2 Å². The van der Waals surface area contributed by atoms with Gasteiger partial charge in [-0.1, -0.05) is 18.5 Å². The first-order valence-corrected chi connectivity index (χ1v) is 13.6. The average Bonchev–Trinajstić information content (AvgIpc) is 2.90. The minimum Gasteiger partial charge on any atom is -0.449 e. The fourth-order valence-electron chi connectivity index (χ4n) is 4.37. The minimum atomic E-state index is -4.20. The van der Waals surface area contributed by atoms with Crippen LogP contribution in [0.1, 0.15) is 17.7 Å². The lowest BCUT2D eigenvalue weighted by atomic mass is 10.0. The second-order valence-electron chi connectivity index (χ2n) is 8.82. The van der Waals surface area contributed by atoms with E-state index in [1.54, 1.807) is 12.4 Å². The number of anilines is 1. The third kappa shape index (κ3) is 6.19. The number of hydrogen-bond acceptors (Lipinski definition) is 6. The number of piperazine rings is 1. The lowest BCUT2D eigenvalue weighted by Crippen LogP contribution is -2.49. The minimum absolute atomic E-state index is 0.101. The molecule has 1 aromatic heterocycles. The maximum atomic E-state index is 14.8. The molecule has 1 aliphatic heterocycles. The molecule has 2 atom stereocenters. The maximum absolute atomic E-state index is 14.8. The number of hydrogen-bond donors (Lipinski definition) is 0. The number of pyridine rings is 1. The molecule has 2 aromatic carbocycles. The molecule has 2 heterocycles. The lowest BCUT2D eigenvalue weighted by Gasteiger charge is -2.35. The van der Waals surface area contributed by atoms with Gasteiger partial charge in [0.25, 0.3) is 0 Å². The number of carbonyl (C=O) groups excluding carboxylic acids is 1. The van der Waals surface area contributed by atoms with Gasteiger partial charge in [-0.2, -0.15) is 0 Å². The second-order valence-corrected chi connectivity index (χ2v) is 11.3. The van der Waals surface area contributed by atoms with E-state index in [2.05, 4.69) is 9.88 Å². The van der Waals surface area contributed by atoms with Crippen LogP contribution in [0.15, 0.2) is 71.9 Å². The van der Waals surface area contributed by atoms with Crippen molar-refractivity contribution in [3.8, 4) is 0 Å². The predicted molar refractivity (Wildman–Crippen MR) is 136 cm³/mol. The Labute approximate surface area is 219 Å². The molecule has 3 aromatic rings. The van der Waals surface area contributed by atoms with Gasteiger partial charge in [0.15, 0.2) is 9.84 Å². The highest BCUT2D eigenvalue weighted by Gasteiger charge is 2.37. The van der Waals surface area contributed by atoms with E-state index < -0.39 is 38.7 Å². The van der Waals surface area contributed by atoms with Crippen LogP contribution in [0.5, 0.6) is 0 Å². The molecule has 37 heavy (non-hydrogen) atoms. The summed E-state index contributed by atoms with van der Waals surface area (Å²) >= 11 is 5.90. The number of halogens is 3. The van der Waals surface area contributed by atoms with Crippen molar-refractivity contribution in [2.45, 2.75) is 17.1 Å². The van der Waals surface area contributed by atoms with Gasteiger partial charge in [-0.25, -0.2) is 22.0 Å². The highest BCUT2D eigenvalue weighted by atomic mass is 35.5. The van der Waals surface area contributed by atoms with Crippen LogP contribution >= 0.6 is 11.6 Å². The predicted octanol–water partition coefficient (Wildman–Crippen LogP) is 5.12. The molecule has 0 aliphatic carbocycles. The largest absolute Gasteiger partial charge is 0.449 e. The Morgan fingerprint density at radius 3 is 2.32 bits per heavy atom. The molecule has 1 fully saturated rings. The first-order chi connectivity index (χ1) is 17.7. The molecule has 0 saturated carbocycles. The van der Waals surface area contributed by atoms with Gasteiger partial charge in [-0.15, -0.1) is 0 Å². The number of ether oxygens (including phenoxy) is 1. The van der Waals surface area contributed by atoms with E-state index in [1.807, 2.05) is 12.1 Å². The van der Waals surface area contributed by atoms with Crippen molar-refractivity contribution in [1.29, 1.82) is 0 Å². The van der Waals surface area contributed by atoms with Crippen LogP contribution in [-0.2, 0) is 14.6 Å². The number of nitrogens with zero attached hydrogens (tertiary/aromatic N) is 3. The molecule has 2 unspecified atom stereocenters. The molecule has 0 radical (unpaired) electrons. The molecule has 1 amide bonds. The van der Waals surface area contributed by atoms with E-state index in [1.165, 1.54) is 36.1 Å². The van der Waals surface area contributed by atoms with Gasteiger partial charge in [-0.05, 0) is 54.6 Å². The number of benzene rings is 2. The summed E-state index contributed by atoms with van der Waals surface area (Å²) in [6.07, 6.45) is 2.81. The van der Waals surface area contributed by atoms with Gasteiger partial charge in [0.2, 0.25) is 0 Å². The molecule has 0 bridgehead atoms. The van der Waals surface area contributed by atoms with Crippen LogP contribution in [0, 0.1) is 17.6 Å². The summed E-state index contributed by atoms with van der Waals surface area (Å²) < 4.78 is 61.4. The molecule has 4 rings (SSSR count). The molecule has 0 N–H and O–H groups in total. The summed E-state index contributed by atoms with van der Waals surface area (Å²) in [6, 6.07) is 11.9. The maximum Gasteiger partial charge on any atom is 0.409 e. The third-order valence-corrected chi connectivity index (χ3v) is 8.86. The van der Waals surface area contributed by atoms with E-state index in [9.17, 15) is 22.0 Å². The zero-order valence-electron chi connectivity index (χ0n) is 20.1. The molecule has 0 spiro atoms. The Balaban J connectivity index is 1.48. The third-order valence-electron chi connectivity index (χ3n) is 6.29. The second kappa shape index (κ2) is 11.4. The van der Waals surface area contributed by atoms with Crippen LogP contribution in [0.3, 0.4) is 0 Å². The number of amides is 1. The van der Waals surface area contributed by atoms with Crippen LogP contribution in [0.2, 0.25) is 5.02 Å². The topological polar surface area (TPSA) is 79.8 Å². The van der Waals surface area contributed by atoms with Crippen molar-refractivity contribution >= 4 is 33.2 Å². The van der Waals surface area contributed by atoms with Gasteiger partial charge < -0.3 is 14.5 Å². The zero-order chi connectivity index (χ0) is 26.6. The molecular weight excluding hydrogens is 524 g/mol. The Morgan fingerprint density at radius 2 is 1.68 bits per heavy atom. The Kier molecular flexibility index (Phi) is 8.29. The fourth-order valence-corrected chi connectivity index (χ4v) is 6.51. The highest BCUT2D eigenvalue weighted by Crippen LogP contribution is 2.37. The van der Waals surface area contributed by atoms with E-state index in [0.29, 0.717) is 31.2 Å². The van der Waals surface area contributed by atoms with Crippen molar-refractivity contribution in [2.75, 3.05) is 37.7 Å². The Hall–Kier alpha value is -3.24. The molecular formula is C26H26ClF2N3O4S. The fraction of sp³-hybridized carbons (Fsp3) is 0.308. The van der Waals surface area contributed by atoms with E-state index in [-0.39, 0.29) is 17.1 Å². The Morgan fingerprint density at radius 1 is 1.03 bits per heavy atom. The van der Waals surface area contributed by atoms with Gasteiger partial charge in [0.05, 0.1) is 16.8 Å². The summed E-state index contributed by atoms with van der Waals surface area (Å²) in [5.41, 5.74) is 0.675. The van der Waals surface area contributed by atoms with Gasteiger partial charge in [0.1, 0.15) is 11.6 Å². The van der Waals surface area contributed by atoms with Gasteiger partial charge in [-0.3, -0.25) is 4.98 Å². The summed E-state index contributed by atoms with van der Waals surface area (Å²) in [7, 11) is -4.20. The molecule has 1 aliphatic rings. The summed E-state index contributed by atoms with van der Waals surface area (Å²) in [5, 5.41) is -1.17. The summed E-state index contributed by atoms with van der Waals surface area (Å²) in [5.74, 6) is -2.53. The molecule has 196 valence electrons. The monoisotopic (exact) mass is 549 g/mol. The summed E-state index contributed by atoms with van der Waals surface area (Å²) in [4.78, 5) is 20.3.